The van der Waals surface area contributed by atoms with Crippen molar-refractivity contribution >= 4 is 24.3 Å². The van der Waals surface area contributed by atoms with E-state index in [0.717, 1.165) is 13.1 Å². The van der Waals surface area contributed by atoms with Crippen LogP contribution in [-0.4, -0.2) is 47.6 Å². The Morgan fingerprint density at radius 3 is 2.00 bits per heavy atom. The smallest absolute Gasteiger partial charge is 0.326 e. The Kier molecular flexibility index (Phi) is 10.1. The predicted octanol–water partition coefficient (Wildman–Crippen LogP) is 0.975. The second-order valence-electron chi connectivity index (χ2n) is 4.09. The molecule has 2 N–H and O–H groups in total. The van der Waals surface area contributed by atoms with E-state index in [1.54, 1.807) is 13.8 Å². The minimum Gasteiger partial charge on any atom is -0.480 e. The Hall–Kier alpha value is -0.810. The fraction of sp³-hybridized carbons (Fsp3) is 0.818. The van der Waals surface area contributed by atoms with Gasteiger partial charge < -0.3 is 10.4 Å². The van der Waals surface area contributed by atoms with Crippen LogP contribution >= 0.6 is 12.4 Å². The molecule has 0 bridgehead atoms. The maximum Gasteiger partial charge on any atom is 0.326 e. The van der Waals surface area contributed by atoms with Gasteiger partial charge in [0.15, 0.2) is 0 Å². The highest BCUT2D eigenvalue weighted by Crippen LogP contribution is 2.01. The van der Waals surface area contributed by atoms with E-state index in [2.05, 4.69) is 5.32 Å². The first kappa shape index (κ1) is 18.6. The van der Waals surface area contributed by atoms with Crippen LogP contribution in [0.4, 0.5) is 0 Å². The molecule has 0 aliphatic heterocycles. The third-order valence-corrected chi connectivity index (χ3v) is 2.51. The van der Waals surface area contributed by atoms with Crippen molar-refractivity contribution in [2.24, 2.45) is 5.92 Å². The Balaban J connectivity index is 0. The third kappa shape index (κ3) is 7.18. The maximum absolute atomic E-state index is 11.6. The Bertz CT molecular complexity index is 243. The molecule has 0 aromatic heterocycles. The standard InChI is InChI=1S/C11H22N2O3.ClH/c1-5-13(6-2)7-9(14)12-10(8(3)4)11(15)16;/h8,10H,5-7H2,1-4H3,(H,12,14)(H,15,16);1H/t10-;/m0./s1. The summed E-state index contributed by atoms with van der Waals surface area (Å²) in [5, 5.41) is 11.4. The molecular weight excluding hydrogens is 244 g/mol. The van der Waals surface area contributed by atoms with Gasteiger partial charge in [-0.3, -0.25) is 9.69 Å². The van der Waals surface area contributed by atoms with E-state index in [1.807, 2.05) is 18.7 Å². The molecule has 0 aliphatic rings. The Morgan fingerprint density at radius 1 is 1.24 bits per heavy atom. The molecule has 0 aromatic carbocycles. The summed E-state index contributed by atoms with van der Waals surface area (Å²) in [5.74, 6) is -1.33. The molecule has 0 saturated carbocycles. The summed E-state index contributed by atoms with van der Waals surface area (Å²) in [4.78, 5) is 24.4. The number of halogens is 1. The van der Waals surface area contributed by atoms with Crippen LogP contribution < -0.4 is 5.32 Å². The summed E-state index contributed by atoms with van der Waals surface area (Å²) in [6, 6.07) is -0.803. The largest absolute Gasteiger partial charge is 0.480 e. The number of carboxylic acid groups (broad SMARTS) is 1. The zero-order valence-corrected chi connectivity index (χ0v) is 11.7. The van der Waals surface area contributed by atoms with Crippen LogP contribution in [0.5, 0.6) is 0 Å². The number of carboxylic acids is 1. The lowest BCUT2D eigenvalue weighted by Gasteiger charge is -2.21. The quantitative estimate of drug-likeness (QED) is 0.721. The van der Waals surface area contributed by atoms with E-state index in [4.69, 9.17) is 5.11 Å². The number of hydrogen-bond acceptors (Lipinski definition) is 3. The summed E-state index contributed by atoms with van der Waals surface area (Å²) in [6.45, 7) is 9.30. The lowest BCUT2D eigenvalue weighted by molar-refractivity contribution is -0.143. The van der Waals surface area contributed by atoms with Crippen molar-refractivity contribution in [2.45, 2.75) is 33.7 Å². The van der Waals surface area contributed by atoms with Crippen LogP contribution in [0.3, 0.4) is 0 Å². The number of amides is 1. The van der Waals surface area contributed by atoms with E-state index in [-0.39, 0.29) is 30.8 Å². The number of aliphatic carboxylic acids is 1. The first-order valence-electron chi connectivity index (χ1n) is 5.66. The summed E-state index contributed by atoms with van der Waals surface area (Å²) in [6.07, 6.45) is 0. The van der Waals surface area contributed by atoms with Gasteiger partial charge in [0.1, 0.15) is 6.04 Å². The van der Waals surface area contributed by atoms with Gasteiger partial charge in [0.05, 0.1) is 6.54 Å². The van der Waals surface area contributed by atoms with Crippen molar-refractivity contribution in [3.05, 3.63) is 0 Å². The van der Waals surface area contributed by atoms with Crippen molar-refractivity contribution in [2.75, 3.05) is 19.6 Å². The highest BCUT2D eigenvalue weighted by Gasteiger charge is 2.23. The number of nitrogens with zero attached hydrogens (tertiary/aromatic N) is 1. The van der Waals surface area contributed by atoms with Crippen LogP contribution in [0.25, 0.3) is 0 Å². The van der Waals surface area contributed by atoms with Gasteiger partial charge in [0.25, 0.3) is 0 Å². The first-order chi connectivity index (χ1) is 7.42. The number of nitrogens with one attached hydrogen (secondary N) is 1. The van der Waals surface area contributed by atoms with Crippen molar-refractivity contribution in [1.29, 1.82) is 0 Å². The molecule has 5 nitrogen and oxygen atoms in total. The minimum absolute atomic E-state index is 0. The molecule has 0 aliphatic carbocycles. The fourth-order valence-electron chi connectivity index (χ4n) is 1.38. The molecule has 102 valence electrons. The summed E-state index contributed by atoms with van der Waals surface area (Å²) in [5.41, 5.74) is 0. The summed E-state index contributed by atoms with van der Waals surface area (Å²) >= 11 is 0. The van der Waals surface area contributed by atoms with Gasteiger partial charge in [0.2, 0.25) is 5.91 Å². The van der Waals surface area contributed by atoms with Crippen LogP contribution in [0.1, 0.15) is 27.7 Å². The minimum atomic E-state index is -0.983. The number of likely N-dealkylation sites (N-methyl/N-ethyl adjacent to an activating group) is 1. The molecule has 17 heavy (non-hydrogen) atoms. The van der Waals surface area contributed by atoms with E-state index in [1.165, 1.54) is 0 Å². The van der Waals surface area contributed by atoms with Crippen molar-refractivity contribution in [3.63, 3.8) is 0 Å². The molecule has 0 radical (unpaired) electrons. The highest BCUT2D eigenvalue weighted by atomic mass is 35.5. The second-order valence-corrected chi connectivity index (χ2v) is 4.09. The molecule has 0 saturated heterocycles. The van der Waals surface area contributed by atoms with Gasteiger partial charge in [-0.2, -0.15) is 0 Å². The molecule has 6 heteroatoms. The van der Waals surface area contributed by atoms with Gasteiger partial charge in [-0.05, 0) is 19.0 Å². The van der Waals surface area contributed by atoms with Gasteiger partial charge in [0, 0.05) is 0 Å². The molecule has 1 amide bonds. The third-order valence-electron chi connectivity index (χ3n) is 2.51. The molecule has 1 atom stereocenters. The van der Waals surface area contributed by atoms with E-state index in [0.29, 0.717) is 0 Å². The van der Waals surface area contributed by atoms with Gasteiger partial charge in [-0.25, -0.2) is 4.79 Å². The van der Waals surface area contributed by atoms with Crippen LogP contribution in [0, 0.1) is 5.92 Å². The zero-order valence-electron chi connectivity index (χ0n) is 10.9. The topological polar surface area (TPSA) is 69.6 Å². The molecule has 0 spiro atoms. The lowest BCUT2D eigenvalue weighted by Crippen LogP contribution is -2.48. The zero-order chi connectivity index (χ0) is 12.7. The van der Waals surface area contributed by atoms with Crippen LogP contribution in [-0.2, 0) is 9.59 Å². The van der Waals surface area contributed by atoms with Gasteiger partial charge >= 0.3 is 5.97 Å². The molecule has 0 unspecified atom stereocenters. The van der Waals surface area contributed by atoms with Crippen LogP contribution in [0.2, 0.25) is 0 Å². The van der Waals surface area contributed by atoms with Crippen molar-refractivity contribution in [3.8, 4) is 0 Å². The van der Waals surface area contributed by atoms with Gasteiger partial charge in [-0.1, -0.05) is 27.7 Å². The molecule has 0 heterocycles. The van der Waals surface area contributed by atoms with Crippen LogP contribution in [0.15, 0.2) is 0 Å². The van der Waals surface area contributed by atoms with E-state index >= 15 is 0 Å². The molecule has 0 fully saturated rings. The average molecular weight is 267 g/mol. The maximum atomic E-state index is 11.6. The predicted molar refractivity (Wildman–Crippen MR) is 69.4 cm³/mol. The number of rotatable bonds is 7. The van der Waals surface area contributed by atoms with Crippen molar-refractivity contribution < 1.29 is 14.7 Å². The first-order valence-corrected chi connectivity index (χ1v) is 5.66. The number of hydrogen-bond donors (Lipinski definition) is 2. The van der Waals surface area contributed by atoms with Crippen molar-refractivity contribution in [1.82, 2.24) is 10.2 Å². The number of carbonyl (C=O) groups excluding carboxylic acids is 1. The Morgan fingerprint density at radius 2 is 1.71 bits per heavy atom. The normalized spacial score (nSPS) is 12.1. The fourth-order valence-corrected chi connectivity index (χ4v) is 1.38. The molecular formula is C11H23ClN2O3. The summed E-state index contributed by atoms with van der Waals surface area (Å²) in [7, 11) is 0. The van der Waals surface area contributed by atoms with E-state index < -0.39 is 12.0 Å². The second kappa shape index (κ2) is 9.24. The van der Waals surface area contributed by atoms with E-state index in [9.17, 15) is 9.59 Å². The van der Waals surface area contributed by atoms with Gasteiger partial charge in [-0.15, -0.1) is 12.4 Å². The SMILES string of the molecule is CCN(CC)CC(=O)N[C@H](C(=O)O)C(C)C.Cl. The molecule has 0 rings (SSSR count). The average Bonchev–Trinajstić information content (AvgIpc) is 2.21. The molecule has 0 aromatic rings. The Labute approximate surface area is 109 Å². The monoisotopic (exact) mass is 266 g/mol. The lowest BCUT2D eigenvalue weighted by atomic mass is 10.0. The highest BCUT2D eigenvalue weighted by molar-refractivity contribution is 5.85. The summed E-state index contributed by atoms with van der Waals surface area (Å²) < 4.78 is 0. The number of carbonyl (C=O) groups is 2.